The third kappa shape index (κ3) is 3.32. The summed E-state index contributed by atoms with van der Waals surface area (Å²) >= 11 is 0. The number of hydrogen-bond acceptors (Lipinski definition) is 4. The van der Waals surface area contributed by atoms with Gasteiger partial charge in [0, 0.05) is 24.9 Å². The van der Waals surface area contributed by atoms with E-state index in [1.807, 2.05) is 0 Å². The number of carboxylic acid groups (broad SMARTS) is 1. The molecule has 0 spiro atoms. The first kappa shape index (κ1) is 10.3. The van der Waals surface area contributed by atoms with Gasteiger partial charge in [0.05, 0.1) is 5.69 Å². The molecule has 1 aromatic heterocycles. The molecule has 0 aliphatic rings. The highest BCUT2D eigenvalue weighted by atomic mass is 16.4. The maximum absolute atomic E-state index is 10.4. The van der Waals surface area contributed by atoms with E-state index in [2.05, 4.69) is 21.9 Å². The zero-order valence-electron chi connectivity index (χ0n) is 7.60. The van der Waals surface area contributed by atoms with Crippen molar-refractivity contribution in [2.45, 2.75) is 6.54 Å². The second-order valence-corrected chi connectivity index (χ2v) is 2.71. The lowest BCUT2D eigenvalue weighted by molar-refractivity contribution is -0.132. The molecule has 1 aromatic rings. The van der Waals surface area contributed by atoms with Crippen LogP contribution in [0, 0.1) is 0 Å². The van der Waals surface area contributed by atoms with Gasteiger partial charge >= 0.3 is 5.97 Å². The minimum absolute atomic E-state index is 0.138. The molecule has 74 valence electrons. The molecule has 0 aromatic carbocycles. The minimum atomic E-state index is -0.986. The van der Waals surface area contributed by atoms with Crippen LogP contribution in [-0.4, -0.2) is 27.6 Å². The fourth-order valence-corrected chi connectivity index (χ4v) is 0.840. The van der Waals surface area contributed by atoms with E-state index in [9.17, 15) is 4.79 Å². The third-order valence-electron chi connectivity index (χ3n) is 1.59. The van der Waals surface area contributed by atoms with Crippen LogP contribution in [0.2, 0.25) is 0 Å². The monoisotopic (exact) mass is 193 g/mol. The molecule has 1 rings (SSSR count). The SMILES string of the molecule is C=C(CNCc1ccncn1)C(=O)O. The van der Waals surface area contributed by atoms with Gasteiger partial charge in [0.2, 0.25) is 0 Å². The predicted molar refractivity (Wildman–Crippen MR) is 50.5 cm³/mol. The molecule has 14 heavy (non-hydrogen) atoms. The number of nitrogens with zero attached hydrogens (tertiary/aromatic N) is 2. The van der Waals surface area contributed by atoms with E-state index in [1.54, 1.807) is 12.3 Å². The Kier molecular flexibility index (Phi) is 3.75. The van der Waals surface area contributed by atoms with Gasteiger partial charge in [0.25, 0.3) is 0 Å². The van der Waals surface area contributed by atoms with E-state index in [0.717, 1.165) is 5.69 Å². The molecule has 0 radical (unpaired) electrons. The summed E-state index contributed by atoms with van der Waals surface area (Å²) in [5.74, 6) is -0.986. The Morgan fingerprint density at radius 1 is 1.64 bits per heavy atom. The number of nitrogens with one attached hydrogen (secondary N) is 1. The van der Waals surface area contributed by atoms with Crippen LogP contribution in [0.1, 0.15) is 5.69 Å². The predicted octanol–water partition coefficient (Wildman–Crippen LogP) is 0.207. The lowest BCUT2D eigenvalue weighted by Crippen LogP contribution is -2.20. The molecule has 2 N–H and O–H groups in total. The standard InChI is InChI=1S/C9H11N3O2/c1-7(9(13)14)4-11-5-8-2-3-10-6-12-8/h2-3,6,11H,1,4-5H2,(H,13,14). The average molecular weight is 193 g/mol. The van der Waals surface area contributed by atoms with Crippen molar-refractivity contribution in [2.75, 3.05) is 6.54 Å². The normalized spacial score (nSPS) is 9.71. The van der Waals surface area contributed by atoms with Gasteiger partial charge in [-0.1, -0.05) is 6.58 Å². The minimum Gasteiger partial charge on any atom is -0.478 e. The van der Waals surface area contributed by atoms with Gasteiger partial charge in [-0.05, 0) is 6.07 Å². The molecule has 0 unspecified atom stereocenters. The maximum atomic E-state index is 10.4. The van der Waals surface area contributed by atoms with Crippen LogP contribution in [-0.2, 0) is 11.3 Å². The van der Waals surface area contributed by atoms with Gasteiger partial charge in [0.1, 0.15) is 6.33 Å². The number of carbonyl (C=O) groups is 1. The first-order chi connectivity index (χ1) is 6.70. The van der Waals surface area contributed by atoms with Crippen LogP contribution in [0.3, 0.4) is 0 Å². The fourth-order valence-electron chi connectivity index (χ4n) is 0.840. The third-order valence-corrected chi connectivity index (χ3v) is 1.59. The summed E-state index contributed by atoms with van der Waals surface area (Å²) in [4.78, 5) is 18.1. The summed E-state index contributed by atoms with van der Waals surface area (Å²) in [6, 6.07) is 1.76. The van der Waals surface area contributed by atoms with Crippen LogP contribution >= 0.6 is 0 Å². The van der Waals surface area contributed by atoms with Gasteiger partial charge in [-0.25, -0.2) is 14.8 Å². The molecule has 0 aliphatic carbocycles. The van der Waals surface area contributed by atoms with Crippen molar-refractivity contribution in [3.8, 4) is 0 Å². The summed E-state index contributed by atoms with van der Waals surface area (Å²) in [7, 11) is 0. The maximum Gasteiger partial charge on any atom is 0.332 e. The Labute approximate surface area is 81.5 Å². The lowest BCUT2D eigenvalue weighted by Gasteiger charge is -2.02. The fraction of sp³-hybridized carbons (Fsp3) is 0.222. The van der Waals surface area contributed by atoms with E-state index in [4.69, 9.17) is 5.11 Å². The molecule has 5 heteroatoms. The van der Waals surface area contributed by atoms with Crippen LogP contribution in [0.25, 0.3) is 0 Å². The second kappa shape index (κ2) is 5.08. The van der Waals surface area contributed by atoms with Crippen molar-refractivity contribution in [2.24, 2.45) is 0 Å². The van der Waals surface area contributed by atoms with Crippen LogP contribution in [0.5, 0.6) is 0 Å². The average Bonchev–Trinajstić information content (AvgIpc) is 2.19. The highest BCUT2D eigenvalue weighted by Gasteiger charge is 2.02. The molecule has 1 heterocycles. The van der Waals surface area contributed by atoms with Crippen molar-refractivity contribution in [3.05, 3.63) is 36.4 Å². The zero-order valence-corrected chi connectivity index (χ0v) is 7.60. The van der Waals surface area contributed by atoms with Gasteiger partial charge in [-0.2, -0.15) is 0 Å². The van der Waals surface area contributed by atoms with Crippen molar-refractivity contribution < 1.29 is 9.90 Å². The van der Waals surface area contributed by atoms with Gasteiger partial charge < -0.3 is 10.4 Å². The molecule has 0 saturated heterocycles. The van der Waals surface area contributed by atoms with Crippen molar-refractivity contribution >= 4 is 5.97 Å². The molecule has 0 atom stereocenters. The van der Waals surface area contributed by atoms with Crippen molar-refractivity contribution in [1.29, 1.82) is 0 Å². The molecule has 0 bridgehead atoms. The molecule has 0 aliphatic heterocycles. The number of aliphatic carboxylic acids is 1. The largest absolute Gasteiger partial charge is 0.478 e. The van der Waals surface area contributed by atoms with Gasteiger partial charge in [0.15, 0.2) is 0 Å². The van der Waals surface area contributed by atoms with E-state index < -0.39 is 5.97 Å². The summed E-state index contributed by atoms with van der Waals surface area (Å²) in [5, 5.41) is 11.4. The number of hydrogen-bond donors (Lipinski definition) is 2. The Balaban J connectivity index is 2.29. The second-order valence-electron chi connectivity index (χ2n) is 2.71. The van der Waals surface area contributed by atoms with Crippen LogP contribution in [0.15, 0.2) is 30.7 Å². The summed E-state index contributed by atoms with van der Waals surface area (Å²) < 4.78 is 0. The summed E-state index contributed by atoms with van der Waals surface area (Å²) in [6.07, 6.45) is 3.08. The lowest BCUT2D eigenvalue weighted by atomic mass is 10.3. The van der Waals surface area contributed by atoms with Gasteiger partial charge in [-0.3, -0.25) is 0 Å². The molecule has 0 fully saturated rings. The Morgan fingerprint density at radius 2 is 2.43 bits per heavy atom. The van der Waals surface area contributed by atoms with Crippen LogP contribution in [0.4, 0.5) is 0 Å². The summed E-state index contributed by atoms with van der Waals surface area (Å²) in [5.41, 5.74) is 0.956. The van der Waals surface area contributed by atoms with Crippen molar-refractivity contribution in [3.63, 3.8) is 0 Å². The Bertz CT molecular complexity index is 324. The van der Waals surface area contributed by atoms with Crippen molar-refractivity contribution in [1.82, 2.24) is 15.3 Å². The molecular weight excluding hydrogens is 182 g/mol. The number of carboxylic acids is 1. The topological polar surface area (TPSA) is 75.1 Å². The Morgan fingerprint density at radius 3 is 3.00 bits per heavy atom. The highest BCUT2D eigenvalue weighted by molar-refractivity contribution is 5.86. The van der Waals surface area contributed by atoms with E-state index >= 15 is 0 Å². The van der Waals surface area contributed by atoms with Gasteiger partial charge in [-0.15, -0.1) is 0 Å². The number of rotatable bonds is 5. The zero-order chi connectivity index (χ0) is 10.4. The smallest absolute Gasteiger partial charge is 0.332 e. The Hall–Kier alpha value is -1.75. The first-order valence-electron chi connectivity index (χ1n) is 4.07. The molecule has 0 saturated carbocycles. The van der Waals surface area contributed by atoms with E-state index in [1.165, 1.54) is 6.33 Å². The highest BCUT2D eigenvalue weighted by Crippen LogP contribution is 1.91. The molecule has 0 amide bonds. The molecular formula is C9H11N3O2. The quantitative estimate of drug-likeness (QED) is 0.654. The van der Waals surface area contributed by atoms with E-state index in [-0.39, 0.29) is 12.1 Å². The number of aromatic nitrogens is 2. The van der Waals surface area contributed by atoms with E-state index in [0.29, 0.717) is 6.54 Å². The first-order valence-corrected chi connectivity index (χ1v) is 4.07. The molecule has 5 nitrogen and oxygen atoms in total. The van der Waals surface area contributed by atoms with Crippen LogP contribution < -0.4 is 5.32 Å². The summed E-state index contributed by atoms with van der Waals surface area (Å²) in [6.45, 7) is 4.15.